The molecule has 0 aliphatic rings. The number of rotatable bonds is 7. The number of ether oxygens (including phenoxy) is 1. The molecule has 0 unspecified atom stereocenters. The van der Waals surface area contributed by atoms with Gasteiger partial charge in [0, 0.05) is 23.1 Å². The third kappa shape index (κ3) is 4.70. The number of pyridine rings is 2. The van der Waals surface area contributed by atoms with E-state index in [1.54, 1.807) is 23.9 Å². The average molecular weight is 503 g/mol. The molecule has 1 N–H and O–H groups in total. The number of nitrogens with one attached hydrogen (secondary N) is 1. The smallest absolute Gasteiger partial charge is 0.263 e. The van der Waals surface area contributed by atoms with Crippen LogP contribution < -0.4 is 15.6 Å². The van der Waals surface area contributed by atoms with Crippen molar-refractivity contribution in [2.24, 2.45) is 0 Å². The number of nitriles is 1. The van der Waals surface area contributed by atoms with Crippen LogP contribution in [0.3, 0.4) is 0 Å². The van der Waals surface area contributed by atoms with Crippen LogP contribution in [0, 0.1) is 18.3 Å². The van der Waals surface area contributed by atoms with Crippen LogP contribution in [0.4, 0.5) is 5.82 Å². The zero-order valence-corrected chi connectivity index (χ0v) is 21.3. The Hall–Kier alpha value is -5.03. The number of benzene rings is 2. The normalized spacial score (nSPS) is 11.6. The summed E-state index contributed by atoms with van der Waals surface area (Å²) in [6, 6.07) is 21.0. The Kier molecular flexibility index (Phi) is 6.83. The fourth-order valence-electron chi connectivity index (χ4n) is 4.54. The predicted molar refractivity (Wildman–Crippen MR) is 147 cm³/mol. The van der Waals surface area contributed by atoms with Crippen molar-refractivity contribution in [2.75, 3.05) is 11.9 Å². The van der Waals surface area contributed by atoms with Gasteiger partial charge in [-0.15, -0.1) is 0 Å². The molecule has 0 saturated heterocycles. The monoisotopic (exact) mass is 502 g/mol. The van der Waals surface area contributed by atoms with Crippen molar-refractivity contribution in [3.05, 3.63) is 107 Å². The number of nitrogens with zero attached hydrogens (tertiary/aromatic N) is 5. The second-order valence-electron chi connectivity index (χ2n) is 8.81. The van der Waals surface area contributed by atoms with Crippen LogP contribution in [-0.4, -0.2) is 26.1 Å². The van der Waals surface area contributed by atoms with Gasteiger partial charge in [0.15, 0.2) is 0 Å². The number of para-hydroxylation sites is 1. The lowest BCUT2D eigenvalue weighted by atomic mass is 9.98. The Balaban J connectivity index is 1.73. The highest BCUT2D eigenvalue weighted by atomic mass is 16.5. The molecule has 8 nitrogen and oxygen atoms in total. The van der Waals surface area contributed by atoms with Crippen LogP contribution in [0.25, 0.3) is 27.6 Å². The van der Waals surface area contributed by atoms with Gasteiger partial charge in [0.25, 0.3) is 5.56 Å². The lowest BCUT2D eigenvalue weighted by molar-refractivity contribution is 0.339. The highest BCUT2D eigenvalue weighted by Crippen LogP contribution is 2.31. The number of fused-ring (bicyclic) bond motifs is 1. The molecule has 0 aliphatic carbocycles. The van der Waals surface area contributed by atoms with Gasteiger partial charge in [-0.05, 0) is 56.0 Å². The first kappa shape index (κ1) is 24.7. The van der Waals surface area contributed by atoms with E-state index in [0.717, 1.165) is 27.9 Å². The molecule has 0 radical (unpaired) electrons. The van der Waals surface area contributed by atoms with Crippen molar-refractivity contribution in [1.82, 2.24) is 19.5 Å². The standard InChI is InChI=1S/C30H26N6O2/c1-4-38-25-13-22(16-32-18-25)26-12-8-9-21-14-27(19(2)34-29-23(15-31)17-33-20(3)35-29)36(30(37)28(21)26)24-10-6-5-7-11-24/h5-14,16-19H,4H2,1-3H3,(H,33,34,35)/t19-/m0/s1. The summed E-state index contributed by atoms with van der Waals surface area (Å²) in [6.07, 6.45) is 4.90. The topological polar surface area (TPSA) is 106 Å². The van der Waals surface area contributed by atoms with Gasteiger partial charge < -0.3 is 10.1 Å². The molecular weight excluding hydrogens is 476 g/mol. The van der Waals surface area contributed by atoms with Gasteiger partial charge in [-0.2, -0.15) is 5.26 Å². The average Bonchev–Trinajstić information content (AvgIpc) is 2.93. The lowest BCUT2D eigenvalue weighted by Gasteiger charge is -2.22. The predicted octanol–water partition coefficient (Wildman–Crippen LogP) is 5.59. The van der Waals surface area contributed by atoms with Crippen molar-refractivity contribution in [1.29, 1.82) is 5.26 Å². The molecule has 3 aromatic heterocycles. The molecule has 38 heavy (non-hydrogen) atoms. The maximum atomic E-state index is 14.3. The van der Waals surface area contributed by atoms with Crippen molar-refractivity contribution in [3.8, 4) is 28.6 Å². The van der Waals surface area contributed by atoms with Crippen molar-refractivity contribution >= 4 is 16.6 Å². The van der Waals surface area contributed by atoms with Gasteiger partial charge in [-0.1, -0.05) is 36.4 Å². The van der Waals surface area contributed by atoms with Crippen LogP contribution in [0.2, 0.25) is 0 Å². The van der Waals surface area contributed by atoms with Crippen molar-refractivity contribution in [2.45, 2.75) is 26.8 Å². The first-order chi connectivity index (χ1) is 18.5. The van der Waals surface area contributed by atoms with Crippen LogP contribution in [0.5, 0.6) is 5.75 Å². The summed E-state index contributed by atoms with van der Waals surface area (Å²) >= 11 is 0. The molecule has 0 bridgehead atoms. The molecule has 0 amide bonds. The van der Waals surface area contributed by atoms with Crippen LogP contribution in [-0.2, 0) is 0 Å². The molecule has 2 aromatic carbocycles. The lowest BCUT2D eigenvalue weighted by Crippen LogP contribution is -2.26. The molecule has 0 fully saturated rings. The van der Waals surface area contributed by atoms with E-state index in [4.69, 9.17) is 4.74 Å². The Morgan fingerprint density at radius 1 is 1.08 bits per heavy atom. The molecule has 5 rings (SSSR count). The quantitative estimate of drug-likeness (QED) is 0.309. The maximum Gasteiger partial charge on any atom is 0.263 e. The first-order valence-electron chi connectivity index (χ1n) is 12.3. The Morgan fingerprint density at radius 3 is 2.66 bits per heavy atom. The number of aromatic nitrogens is 4. The molecule has 5 aromatic rings. The van der Waals surface area contributed by atoms with Crippen molar-refractivity contribution in [3.63, 3.8) is 0 Å². The first-order valence-corrected chi connectivity index (χ1v) is 12.3. The molecule has 1 atom stereocenters. The summed E-state index contributed by atoms with van der Waals surface area (Å²) in [4.78, 5) is 27.2. The van der Waals surface area contributed by atoms with E-state index in [2.05, 4.69) is 26.3 Å². The van der Waals surface area contributed by atoms with E-state index in [1.807, 2.05) is 74.5 Å². The highest BCUT2D eigenvalue weighted by Gasteiger charge is 2.20. The second kappa shape index (κ2) is 10.5. The highest BCUT2D eigenvalue weighted by molar-refractivity contribution is 5.96. The summed E-state index contributed by atoms with van der Waals surface area (Å²) in [7, 11) is 0. The van der Waals surface area contributed by atoms with E-state index in [9.17, 15) is 10.1 Å². The van der Waals surface area contributed by atoms with E-state index < -0.39 is 0 Å². The summed E-state index contributed by atoms with van der Waals surface area (Å²) in [6.45, 7) is 6.15. The zero-order valence-electron chi connectivity index (χ0n) is 21.3. The molecule has 0 aliphatic heterocycles. The minimum atomic E-state index is -0.361. The van der Waals surface area contributed by atoms with E-state index in [0.29, 0.717) is 34.9 Å². The molecule has 8 heteroatoms. The number of hydrogen-bond acceptors (Lipinski definition) is 7. The van der Waals surface area contributed by atoms with Crippen LogP contribution in [0.15, 0.2) is 84.0 Å². The van der Waals surface area contributed by atoms with Gasteiger partial charge in [-0.3, -0.25) is 14.3 Å². The summed E-state index contributed by atoms with van der Waals surface area (Å²) in [5.74, 6) is 1.62. The Morgan fingerprint density at radius 2 is 1.89 bits per heavy atom. The van der Waals surface area contributed by atoms with E-state index in [1.165, 1.54) is 6.20 Å². The fourth-order valence-corrected chi connectivity index (χ4v) is 4.54. The summed E-state index contributed by atoms with van der Waals surface area (Å²) < 4.78 is 7.36. The number of anilines is 1. The molecule has 0 spiro atoms. The van der Waals surface area contributed by atoms with Crippen LogP contribution >= 0.6 is 0 Å². The number of hydrogen-bond donors (Lipinski definition) is 1. The third-order valence-electron chi connectivity index (χ3n) is 6.25. The minimum absolute atomic E-state index is 0.158. The fraction of sp³-hybridized carbons (Fsp3) is 0.167. The Labute approximate surface area is 220 Å². The van der Waals surface area contributed by atoms with E-state index >= 15 is 0 Å². The minimum Gasteiger partial charge on any atom is -0.492 e. The SMILES string of the molecule is CCOc1cncc(-c2cccc3cc([C@H](C)Nc4nc(C)ncc4C#N)n(-c4ccccc4)c(=O)c23)c1. The zero-order chi connectivity index (χ0) is 26.6. The summed E-state index contributed by atoms with van der Waals surface area (Å²) in [5, 5.41) is 14.3. The van der Waals surface area contributed by atoms with Gasteiger partial charge in [0.05, 0.1) is 30.4 Å². The molecule has 0 saturated carbocycles. The van der Waals surface area contributed by atoms with Gasteiger partial charge in [-0.25, -0.2) is 9.97 Å². The second-order valence-corrected chi connectivity index (χ2v) is 8.81. The van der Waals surface area contributed by atoms with Crippen molar-refractivity contribution < 1.29 is 4.74 Å². The number of aryl methyl sites for hydroxylation is 1. The van der Waals surface area contributed by atoms with Gasteiger partial charge >= 0.3 is 0 Å². The molecular formula is C30H26N6O2. The van der Waals surface area contributed by atoms with Gasteiger partial charge in [0.2, 0.25) is 0 Å². The molecule has 188 valence electrons. The third-order valence-corrected chi connectivity index (χ3v) is 6.25. The maximum absolute atomic E-state index is 14.3. The Bertz CT molecular complexity index is 1720. The summed E-state index contributed by atoms with van der Waals surface area (Å²) in [5.41, 5.74) is 3.21. The van der Waals surface area contributed by atoms with Gasteiger partial charge in [0.1, 0.15) is 29.0 Å². The molecule has 3 heterocycles. The largest absolute Gasteiger partial charge is 0.492 e. The van der Waals surface area contributed by atoms with E-state index in [-0.39, 0.29) is 11.6 Å². The van der Waals surface area contributed by atoms with Crippen LogP contribution in [0.1, 0.15) is 37.0 Å².